The summed E-state index contributed by atoms with van der Waals surface area (Å²) in [5, 5.41) is 0.686. The van der Waals surface area contributed by atoms with E-state index < -0.39 is 11.9 Å². The highest BCUT2D eigenvalue weighted by molar-refractivity contribution is 6.30. The molecule has 26 heavy (non-hydrogen) atoms. The van der Waals surface area contributed by atoms with Crippen LogP contribution in [0.15, 0.2) is 42.6 Å². The van der Waals surface area contributed by atoms with E-state index in [1.54, 1.807) is 4.90 Å². The zero-order valence-corrected chi connectivity index (χ0v) is 14.6. The second kappa shape index (κ2) is 7.63. The van der Waals surface area contributed by atoms with E-state index in [2.05, 4.69) is 9.88 Å². The lowest BCUT2D eigenvalue weighted by molar-refractivity contribution is -0.141. The minimum Gasteiger partial charge on any atom is -0.336 e. The lowest BCUT2D eigenvalue weighted by Crippen LogP contribution is -2.48. The van der Waals surface area contributed by atoms with Crippen molar-refractivity contribution in [2.24, 2.45) is 0 Å². The van der Waals surface area contributed by atoms with E-state index in [4.69, 9.17) is 11.6 Å². The molecule has 1 aromatic carbocycles. The van der Waals surface area contributed by atoms with Crippen molar-refractivity contribution >= 4 is 17.5 Å². The SMILES string of the molecule is O=C(c1ccc(C(F)(F)F)nc1)N1CCN(Cc2cccc(Cl)c2)CC1. The van der Waals surface area contributed by atoms with Gasteiger partial charge in [0.1, 0.15) is 5.69 Å². The van der Waals surface area contributed by atoms with Gasteiger partial charge in [-0.25, -0.2) is 0 Å². The molecule has 1 saturated heterocycles. The fourth-order valence-electron chi connectivity index (χ4n) is 2.87. The number of hydrogen-bond acceptors (Lipinski definition) is 3. The number of piperazine rings is 1. The van der Waals surface area contributed by atoms with Crippen molar-refractivity contribution < 1.29 is 18.0 Å². The second-order valence-corrected chi connectivity index (χ2v) is 6.56. The van der Waals surface area contributed by atoms with Crippen LogP contribution in [0.2, 0.25) is 5.02 Å². The molecular formula is C18H17ClF3N3O. The Morgan fingerprint density at radius 2 is 1.85 bits per heavy atom. The number of aromatic nitrogens is 1. The van der Waals surface area contributed by atoms with Crippen molar-refractivity contribution in [1.29, 1.82) is 0 Å². The van der Waals surface area contributed by atoms with Gasteiger partial charge in [0.15, 0.2) is 0 Å². The van der Waals surface area contributed by atoms with Gasteiger partial charge in [-0.2, -0.15) is 13.2 Å². The first-order valence-corrected chi connectivity index (χ1v) is 8.50. The molecule has 1 aromatic heterocycles. The van der Waals surface area contributed by atoms with Crippen molar-refractivity contribution in [1.82, 2.24) is 14.8 Å². The average molecular weight is 384 g/mol. The molecule has 138 valence electrons. The summed E-state index contributed by atoms with van der Waals surface area (Å²) in [6, 6.07) is 9.64. The monoisotopic (exact) mass is 383 g/mol. The van der Waals surface area contributed by atoms with Crippen LogP contribution in [-0.2, 0) is 12.7 Å². The number of carbonyl (C=O) groups is 1. The standard InChI is InChI=1S/C18H17ClF3N3O/c19-15-3-1-2-13(10-15)12-24-6-8-25(9-7-24)17(26)14-4-5-16(23-11-14)18(20,21)22/h1-5,10-11H,6-9,12H2. The lowest BCUT2D eigenvalue weighted by Gasteiger charge is -2.34. The van der Waals surface area contributed by atoms with Crippen molar-refractivity contribution in [2.45, 2.75) is 12.7 Å². The number of nitrogens with zero attached hydrogens (tertiary/aromatic N) is 3. The fourth-order valence-corrected chi connectivity index (χ4v) is 3.09. The highest BCUT2D eigenvalue weighted by Crippen LogP contribution is 2.27. The van der Waals surface area contributed by atoms with Gasteiger partial charge in [0.05, 0.1) is 5.56 Å². The van der Waals surface area contributed by atoms with Gasteiger partial charge in [-0.3, -0.25) is 14.7 Å². The summed E-state index contributed by atoms with van der Waals surface area (Å²) in [7, 11) is 0. The van der Waals surface area contributed by atoms with Crippen LogP contribution in [-0.4, -0.2) is 46.9 Å². The van der Waals surface area contributed by atoms with Crippen LogP contribution < -0.4 is 0 Å². The topological polar surface area (TPSA) is 36.4 Å². The third-order valence-corrected chi connectivity index (χ3v) is 4.49. The van der Waals surface area contributed by atoms with Gasteiger partial charge in [0.2, 0.25) is 0 Å². The predicted octanol–water partition coefficient (Wildman–Crippen LogP) is 3.71. The molecule has 0 atom stereocenters. The molecule has 2 aromatic rings. The molecule has 0 spiro atoms. The van der Waals surface area contributed by atoms with E-state index >= 15 is 0 Å². The molecule has 0 unspecified atom stereocenters. The predicted molar refractivity (Wildman–Crippen MR) is 91.9 cm³/mol. The molecular weight excluding hydrogens is 367 g/mol. The highest BCUT2D eigenvalue weighted by Gasteiger charge is 2.32. The van der Waals surface area contributed by atoms with E-state index in [1.165, 1.54) is 6.07 Å². The van der Waals surface area contributed by atoms with E-state index in [0.717, 1.165) is 24.4 Å². The van der Waals surface area contributed by atoms with Crippen molar-refractivity contribution in [3.63, 3.8) is 0 Å². The van der Waals surface area contributed by atoms with Crippen LogP contribution >= 0.6 is 11.6 Å². The van der Waals surface area contributed by atoms with Crippen molar-refractivity contribution in [2.75, 3.05) is 26.2 Å². The first kappa shape index (κ1) is 18.7. The molecule has 2 heterocycles. The summed E-state index contributed by atoms with van der Waals surface area (Å²) in [5.74, 6) is -0.298. The number of rotatable bonds is 3. The summed E-state index contributed by atoms with van der Waals surface area (Å²) in [6.45, 7) is 3.14. The van der Waals surface area contributed by atoms with Gasteiger partial charge < -0.3 is 4.90 Å². The van der Waals surface area contributed by atoms with E-state index in [1.807, 2.05) is 24.3 Å². The Kier molecular flexibility index (Phi) is 5.48. The molecule has 1 aliphatic rings. The minimum absolute atomic E-state index is 0.168. The van der Waals surface area contributed by atoms with Crippen LogP contribution in [0.5, 0.6) is 0 Å². The Balaban J connectivity index is 1.56. The smallest absolute Gasteiger partial charge is 0.336 e. The molecule has 0 radical (unpaired) electrons. The number of alkyl halides is 3. The van der Waals surface area contributed by atoms with E-state index in [-0.39, 0.29) is 11.5 Å². The fraction of sp³-hybridized carbons (Fsp3) is 0.333. The van der Waals surface area contributed by atoms with Crippen LogP contribution in [0.4, 0.5) is 13.2 Å². The summed E-state index contributed by atoms with van der Waals surface area (Å²) in [4.78, 5) is 19.6. The largest absolute Gasteiger partial charge is 0.433 e. The quantitative estimate of drug-likeness (QED) is 0.810. The Labute approximate surface area is 154 Å². The first-order chi connectivity index (χ1) is 12.3. The molecule has 0 saturated carbocycles. The summed E-state index contributed by atoms with van der Waals surface area (Å²) >= 11 is 5.99. The minimum atomic E-state index is -4.51. The summed E-state index contributed by atoms with van der Waals surface area (Å²) in [5.41, 5.74) is 0.269. The molecule has 0 N–H and O–H groups in total. The van der Waals surface area contributed by atoms with Crippen LogP contribution in [0.3, 0.4) is 0 Å². The first-order valence-electron chi connectivity index (χ1n) is 8.12. The van der Waals surface area contributed by atoms with Gasteiger partial charge in [0.25, 0.3) is 5.91 Å². The Morgan fingerprint density at radius 1 is 1.12 bits per heavy atom. The maximum Gasteiger partial charge on any atom is 0.433 e. The molecule has 1 amide bonds. The normalized spacial score (nSPS) is 15.9. The molecule has 8 heteroatoms. The van der Waals surface area contributed by atoms with E-state index in [0.29, 0.717) is 31.2 Å². The van der Waals surface area contributed by atoms with Gasteiger partial charge in [0, 0.05) is 43.9 Å². The van der Waals surface area contributed by atoms with Crippen LogP contribution in [0, 0.1) is 0 Å². The van der Waals surface area contributed by atoms with Crippen LogP contribution in [0.1, 0.15) is 21.6 Å². The van der Waals surface area contributed by atoms with E-state index in [9.17, 15) is 18.0 Å². The number of amides is 1. The molecule has 4 nitrogen and oxygen atoms in total. The Morgan fingerprint density at radius 3 is 2.42 bits per heavy atom. The number of hydrogen-bond donors (Lipinski definition) is 0. The van der Waals surface area contributed by atoms with Crippen molar-refractivity contribution in [3.05, 3.63) is 64.4 Å². The van der Waals surface area contributed by atoms with Gasteiger partial charge in [-0.15, -0.1) is 0 Å². The zero-order valence-electron chi connectivity index (χ0n) is 13.8. The molecule has 0 aliphatic carbocycles. The molecule has 0 bridgehead atoms. The Hall–Kier alpha value is -2.12. The maximum atomic E-state index is 12.6. The van der Waals surface area contributed by atoms with Crippen LogP contribution in [0.25, 0.3) is 0 Å². The molecule has 1 aliphatic heterocycles. The third kappa shape index (κ3) is 4.53. The van der Waals surface area contributed by atoms with Gasteiger partial charge in [-0.05, 0) is 29.8 Å². The lowest BCUT2D eigenvalue weighted by atomic mass is 10.1. The number of carbonyl (C=O) groups excluding carboxylic acids is 1. The zero-order chi connectivity index (χ0) is 18.7. The number of halogens is 4. The van der Waals surface area contributed by atoms with Gasteiger partial charge in [-0.1, -0.05) is 23.7 Å². The average Bonchev–Trinajstić information content (AvgIpc) is 2.61. The van der Waals surface area contributed by atoms with Gasteiger partial charge >= 0.3 is 6.18 Å². The maximum absolute atomic E-state index is 12.6. The molecule has 3 rings (SSSR count). The highest BCUT2D eigenvalue weighted by atomic mass is 35.5. The number of benzene rings is 1. The summed E-state index contributed by atoms with van der Waals surface area (Å²) < 4.78 is 37.7. The third-order valence-electron chi connectivity index (χ3n) is 4.26. The van der Waals surface area contributed by atoms with Crippen molar-refractivity contribution in [3.8, 4) is 0 Å². The number of pyridine rings is 1. The summed E-state index contributed by atoms with van der Waals surface area (Å²) in [6.07, 6.45) is -3.52. The molecule has 1 fully saturated rings. The second-order valence-electron chi connectivity index (χ2n) is 6.13. The Bertz CT molecular complexity index is 772.